The molecule has 1 aromatic carbocycles. The summed E-state index contributed by atoms with van der Waals surface area (Å²) in [6.07, 6.45) is -3.16. The second kappa shape index (κ2) is 8.66. The molecule has 1 aromatic rings. The van der Waals surface area contributed by atoms with Crippen molar-refractivity contribution < 1.29 is 26.0 Å². The first kappa shape index (κ1) is 22.1. The molecule has 0 aromatic heterocycles. The van der Waals surface area contributed by atoms with Gasteiger partial charge in [0.05, 0.1) is 5.56 Å². The van der Waals surface area contributed by atoms with E-state index in [0.29, 0.717) is 50.6 Å². The number of nitrogens with one attached hydrogen (secondary N) is 1. The summed E-state index contributed by atoms with van der Waals surface area (Å²) in [7, 11) is -4.35. The Labute approximate surface area is 151 Å². The number of piperidine rings is 1. The quantitative estimate of drug-likeness (QED) is 0.765. The van der Waals surface area contributed by atoms with E-state index in [4.69, 9.17) is 0 Å². The molecular weight excluding hydrogens is 384 g/mol. The Morgan fingerprint density at radius 1 is 1.24 bits per heavy atom. The van der Waals surface area contributed by atoms with E-state index < -0.39 is 32.5 Å². The summed E-state index contributed by atoms with van der Waals surface area (Å²) in [6.45, 7) is 3.14. The van der Waals surface area contributed by atoms with Gasteiger partial charge in [-0.3, -0.25) is 0 Å². The number of rotatable bonds is 5. The van der Waals surface area contributed by atoms with Crippen molar-refractivity contribution in [1.29, 1.82) is 0 Å². The van der Waals surface area contributed by atoms with Crippen molar-refractivity contribution in [2.45, 2.75) is 43.3 Å². The summed E-state index contributed by atoms with van der Waals surface area (Å²) in [4.78, 5) is -0.913. The van der Waals surface area contributed by atoms with Gasteiger partial charge in [-0.25, -0.2) is 12.8 Å². The average Bonchev–Trinajstić information content (AvgIpc) is 2.52. The SMILES string of the molecule is CCCN(C1CCNCC1)S(=O)(=O)c1cc(C(F)(F)F)ccc1F.Cl. The van der Waals surface area contributed by atoms with Gasteiger partial charge in [-0.1, -0.05) is 6.92 Å². The molecule has 144 valence electrons. The number of nitrogens with zero attached hydrogens (tertiary/aromatic N) is 1. The molecular formula is C15H21ClF4N2O2S. The van der Waals surface area contributed by atoms with Crippen molar-refractivity contribution in [3.05, 3.63) is 29.6 Å². The minimum atomic E-state index is -4.73. The maximum atomic E-state index is 14.0. The van der Waals surface area contributed by atoms with Crippen LogP contribution >= 0.6 is 12.4 Å². The number of sulfonamides is 1. The number of benzene rings is 1. The van der Waals surface area contributed by atoms with Gasteiger partial charge in [0.2, 0.25) is 10.0 Å². The molecule has 10 heteroatoms. The average molecular weight is 405 g/mol. The summed E-state index contributed by atoms with van der Waals surface area (Å²) in [5.41, 5.74) is -1.18. The van der Waals surface area contributed by atoms with Gasteiger partial charge < -0.3 is 5.32 Å². The molecule has 0 saturated carbocycles. The van der Waals surface area contributed by atoms with Gasteiger partial charge in [0.1, 0.15) is 10.7 Å². The highest BCUT2D eigenvalue weighted by Gasteiger charge is 2.37. The smallest absolute Gasteiger partial charge is 0.317 e. The first-order chi connectivity index (χ1) is 11.2. The fourth-order valence-corrected chi connectivity index (χ4v) is 4.69. The Balaban J connectivity index is 0.00000312. The molecule has 1 N–H and O–H groups in total. The number of alkyl halides is 3. The van der Waals surface area contributed by atoms with Crippen LogP contribution in [-0.4, -0.2) is 38.4 Å². The lowest BCUT2D eigenvalue weighted by Gasteiger charge is -2.33. The first-order valence-electron chi connectivity index (χ1n) is 7.77. The summed E-state index contributed by atoms with van der Waals surface area (Å²) < 4.78 is 79.4. The van der Waals surface area contributed by atoms with Gasteiger partial charge >= 0.3 is 6.18 Å². The lowest BCUT2D eigenvalue weighted by molar-refractivity contribution is -0.137. The highest BCUT2D eigenvalue weighted by Crippen LogP contribution is 2.33. The van der Waals surface area contributed by atoms with Crippen LogP contribution in [0.15, 0.2) is 23.1 Å². The van der Waals surface area contributed by atoms with Gasteiger partial charge in [0.15, 0.2) is 0 Å². The lowest BCUT2D eigenvalue weighted by Crippen LogP contribution is -2.46. The van der Waals surface area contributed by atoms with Crippen molar-refractivity contribution in [3.8, 4) is 0 Å². The fraction of sp³-hybridized carbons (Fsp3) is 0.600. The van der Waals surface area contributed by atoms with E-state index in [-0.39, 0.29) is 25.0 Å². The molecule has 1 aliphatic rings. The predicted octanol–water partition coefficient (Wildman–Crippen LogP) is 3.42. The second-order valence-corrected chi connectivity index (χ2v) is 7.60. The minimum Gasteiger partial charge on any atom is -0.317 e. The fourth-order valence-electron chi connectivity index (χ4n) is 2.82. The molecule has 4 nitrogen and oxygen atoms in total. The first-order valence-corrected chi connectivity index (χ1v) is 9.21. The normalized spacial score (nSPS) is 16.7. The molecule has 25 heavy (non-hydrogen) atoms. The third-order valence-corrected chi connectivity index (χ3v) is 5.97. The Bertz CT molecular complexity index is 677. The molecule has 0 spiro atoms. The van der Waals surface area contributed by atoms with Crippen molar-refractivity contribution in [2.24, 2.45) is 0 Å². The van der Waals surface area contributed by atoms with Crippen LogP contribution in [0.25, 0.3) is 0 Å². The Hall–Kier alpha value is -0.900. The molecule has 0 bridgehead atoms. The van der Waals surface area contributed by atoms with Crippen LogP contribution in [0.5, 0.6) is 0 Å². The molecule has 0 radical (unpaired) electrons. The number of halogens is 5. The van der Waals surface area contributed by atoms with E-state index in [1.54, 1.807) is 6.92 Å². The van der Waals surface area contributed by atoms with Gasteiger partial charge in [0, 0.05) is 12.6 Å². The van der Waals surface area contributed by atoms with Crippen LogP contribution in [0.1, 0.15) is 31.7 Å². The minimum absolute atomic E-state index is 0. The molecule has 1 fully saturated rings. The molecule has 1 saturated heterocycles. The van der Waals surface area contributed by atoms with E-state index in [2.05, 4.69) is 5.32 Å². The second-order valence-electron chi connectivity index (χ2n) is 5.74. The highest BCUT2D eigenvalue weighted by atomic mass is 35.5. The van der Waals surface area contributed by atoms with Crippen molar-refractivity contribution in [1.82, 2.24) is 9.62 Å². The van der Waals surface area contributed by atoms with Crippen molar-refractivity contribution >= 4 is 22.4 Å². The zero-order valence-corrected chi connectivity index (χ0v) is 15.3. The maximum Gasteiger partial charge on any atom is 0.416 e. The standard InChI is InChI=1S/C15H20F4N2O2S.ClH/c1-2-9-21(12-5-7-20-8-6-12)24(22,23)14-10-11(15(17,18)19)3-4-13(14)16;/h3-4,10,12,20H,2,5-9H2,1H3;1H. The van der Waals surface area contributed by atoms with Crippen LogP contribution in [0, 0.1) is 5.82 Å². The van der Waals surface area contributed by atoms with Crippen molar-refractivity contribution in [2.75, 3.05) is 19.6 Å². The summed E-state index contributed by atoms with van der Waals surface area (Å²) >= 11 is 0. The van der Waals surface area contributed by atoms with Crippen LogP contribution < -0.4 is 5.32 Å². The monoisotopic (exact) mass is 404 g/mol. The molecule has 1 aliphatic heterocycles. The van der Waals surface area contributed by atoms with Crippen LogP contribution in [0.2, 0.25) is 0 Å². The molecule has 2 rings (SSSR count). The molecule has 1 heterocycles. The van der Waals surface area contributed by atoms with Gasteiger partial charge in [-0.15, -0.1) is 12.4 Å². The zero-order valence-electron chi connectivity index (χ0n) is 13.6. The third kappa shape index (κ3) is 5.06. The van der Waals surface area contributed by atoms with E-state index in [1.807, 2.05) is 0 Å². The zero-order chi connectivity index (χ0) is 18.0. The van der Waals surface area contributed by atoms with E-state index >= 15 is 0 Å². The van der Waals surface area contributed by atoms with E-state index in [1.165, 1.54) is 0 Å². The summed E-state index contributed by atoms with van der Waals surface area (Å²) in [5.74, 6) is -1.17. The molecule has 0 atom stereocenters. The Morgan fingerprint density at radius 2 is 1.84 bits per heavy atom. The van der Waals surface area contributed by atoms with Gasteiger partial charge in [0.25, 0.3) is 0 Å². The Kier molecular flexibility index (Phi) is 7.67. The lowest BCUT2D eigenvalue weighted by atomic mass is 10.1. The van der Waals surface area contributed by atoms with Gasteiger partial charge in [-0.2, -0.15) is 17.5 Å². The molecule has 0 amide bonds. The van der Waals surface area contributed by atoms with Crippen LogP contribution in [-0.2, 0) is 16.2 Å². The summed E-state index contributed by atoms with van der Waals surface area (Å²) in [6, 6.07) is 1.14. The number of hydrogen-bond donors (Lipinski definition) is 1. The maximum absolute atomic E-state index is 14.0. The van der Waals surface area contributed by atoms with Crippen molar-refractivity contribution in [3.63, 3.8) is 0 Å². The topological polar surface area (TPSA) is 49.4 Å². The predicted molar refractivity (Wildman–Crippen MR) is 88.7 cm³/mol. The van der Waals surface area contributed by atoms with Crippen LogP contribution in [0.4, 0.5) is 17.6 Å². The highest BCUT2D eigenvalue weighted by molar-refractivity contribution is 7.89. The van der Waals surface area contributed by atoms with Crippen LogP contribution in [0.3, 0.4) is 0 Å². The molecule has 0 aliphatic carbocycles. The van der Waals surface area contributed by atoms with E-state index in [9.17, 15) is 26.0 Å². The summed E-state index contributed by atoms with van der Waals surface area (Å²) in [5, 5.41) is 3.10. The number of hydrogen-bond acceptors (Lipinski definition) is 3. The Morgan fingerprint density at radius 3 is 2.36 bits per heavy atom. The van der Waals surface area contributed by atoms with Gasteiger partial charge in [-0.05, 0) is 50.6 Å². The third-order valence-electron chi connectivity index (χ3n) is 4.01. The van der Waals surface area contributed by atoms with E-state index in [0.717, 1.165) is 4.31 Å². The largest absolute Gasteiger partial charge is 0.416 e. The molecule has 0 unspecified atom stereocenters.